The number of sulfonamides is 1. The van der Waals surface area contributed by atoms with Crippen molar-refractivity contribution in [3.8, 4) is 11.5 Å². The van der Waals surface area contributed by atoms with E-state index in [1.54, 1.807) is 13.2 Å². The minimum absolute atomic E-state index is 0.0651. The van der Waals surface area contributed by atoms with Gasteiger partial charge in [0.25, 0.3) is 0 Å². The molecule has 2 N–H and O–H groups in total. The number of anilines is 2. The Morgan fingerprint density at radius 3 is 2.54 bits per heavy atom. The Hall–Kier alpha value is -2.77. The highest BCUT2D eigenvalue weighted by molar-refractivity contribution is 7.92. The van der Waals surface area contributed by atoms with Crippen LogP contribution in [0.15, 0.2) is 40.8 Å². The monoisotopic (exact) mass is 606 g/mol. The Kier molecular flexibility index (Phi) is 9.91. The van der Waals surface area contributed by atoms with Gasteiger partial charge in [-0.15, -0.1) is 10.2 Å². The first-order valence-corrected chi connectivity index (χ1v) is 15.8. The van der Waals surface area contributed by atoms with Crippen LogP contribution < -0.4 is 14.9 Å². The minimum atomic E-state index is -3.68. The normalized spacial score (nSPS) is 18.2. The Morgan fingerprint density at radius 2 is 1.90 bits per heavy atom. The number of benzene rings is 1. The molecule has 3 atom stereocenters. The smallest absolute Gasteiger partial charge is 0.249 e. The van der Waals surface area contributed by atoms with Gasteiger partial charge in [-0.2, -0.15) is 0 Å². The fourth-order valence-corrected chi connectivity index (χ4v) is 5.30. The van der Waals surface area contributed by atoms with Crippen LogP contribution >= 0.6 is 11.6 Å². The van der Waals surface area contributed by atoms with Crippen LogP contribution in [-0.4, -0.2) is 76.9 Å². The zero-order valence-corrected chi connectivity index (χ0v) is 25.8. The number of nitrogens with two attached hydrogens (primary N) is 1. The van der Waals surface area contributed by atoms with E-state index in [0.717, 1.165) is 29.1 Å². The molecule has 0 radical (unpaired) electrons. The van der Waals surface area contributed by atoms with Crippen molar-refractivity contribution < 1.29 is 22.3 Å². The topological polar surface area (TPSA) is 137 Å². The minimum Gasteiger partial charge on any atom is -0.419 e. The summed E-state index contributed by atoms with van der Waals surface area (Å²) in [6.45, 7) is 6.71. The van der Waals surface area contributed by atoms with Crippen molar-refractivity contribution in [3.63, 3.8) is 0 Å². The van der Waals surface area contributed by atoms with Crippen molar-refractivity contribution in [1.29, 1.82) is 0 Å². The lowest BCUT2D eigenvalue weighted by atomic mass is 9.94. The van der Waals surface area contributed by atoms with Crippen molar-refractivity contribution in [2.24, 2.45) is 17.6 Å². The zero-order valence-electron chi connectivity index (χ0n) is 24.2. The molecule has 0 spiro atoms. The van der Waals surface area contributed by atoms with Gasteiger partial charge in [0.15, 0.2) is 5.82 Å². The molecular weight excluding hydrogens is 568 g/mol. The highest BCUT2D eigenvalue weighted by Crippen LogP contribution is 2.41. The van der Waals surface area contributed by atoms with Gasteiger partial charge in [-0.05, 0) is 43.2 Å². The summed E-state index contributed by atoms with van der Waals surface area (Å²) in [6, 6.07) is 11.5. The molecule has 13 heteroatoms. The predicted octanol–water partition coefficient (Wildman–Crippen LogP) is 3.72. The van der Waals surface area contributed by atoms with Crippen molar-refractivity contribution in [1.82, 2.24) is 15.2 Å². The van der Waals surface area contributed by atoms with E-state index >= 15 is 0 Å². The Bertz CT molecular complexity index is 1420. The summed E-state index contributed by atoms with van der Waals surface area (Å²) in [5, 5.41) is 8.59. The summed E-state index contributed by atoms with van der Waals surface area (Å²) >= 11 is 6.79. The van der Waals surface area contributed by atoms with E-state index in [4.69, 9.17) is 36.2 Å². The van der Waals surface area contributed by atoms with Gasteiger partial charge in [-0.1, -0.05) is 48.9 Å². The fraction of sp³-hybridized carbons (Fsp3) is 0.536. The van der Waals surface area contributed by atoms with Crippen molar-refractivity contribution in [2.45, 2.75) is 32.2 Å². The van der Waals surface area contributed by atoms with E-state index in [0.29, 0.717) is 56.0 Å². The molecule has 3 aromatic rings. The van der Waals surface area contributed by atoms with Crippen molar-refractivity contribution >= 4 is 33.3 Å². The highest BCUT2D eigenvalue weighted by Gasteiger charge is 2.35. The molecule has 0 saturated heterocycles. The van der Waals surface area contributed by atoms with Crippen molar-refractivity contribution in [3.05, 3.63) is 52.9 Å². The van der Waals surface area contributed by atoms with Gasteiger partial charge < -0.3 is 24.5 Å². The first-order chi connectivity index (χ1) is 19.4. The average Bonchev–Trinajstić information content (AvgIpc) is 3.38. The van der Waals surface area contributed by atoms with Crippen LogP contribution in [0.2, 0.25) is 5.02 Å². The number of aromatic nitrogens is 3. The molecule has 1 fully saturated rings. The molecule has 2 heterocycles. The maximum absolute atomic E-state index is 12.5. The second kappa shape index (κ2) is 13.0. The molecule has 2 unspecified atom stereocenters. The van der Waals surface area contributed by atoms with Crippen LogP contribution in [0.5, 0.6) is 0 Å². The molecule has 4 rings (SSSR count). The number of methoxy groups -OCH3 is 1. The first kappa shape index (κ1) is 31.2. The second-order valence-electron chi connectivity index (χ2n) is 10.9. The lowest BCUT2D eigenvalue weighted by Gasteiger charge is -2.27. The standard InChI is InChI=1S/C28H39ClN6O5S/c1-19-15-21(19)18-35(11-12-39-14-13-38-4)23-16-22(24(29)25(31-23)34(3)41(5,36)37)26-32-33-27(40-26)28(2,30)17-20-9-7-6-8-10-20/h6-10,16,19,21H,11-15,17-18,30H2,1-5H3/t19?,21?,28-/m1/s1. The summed E-state index contributed by atoms with van der Waals surface area (Å²) in [5.41, 5.74) is 7.06. The van der Waals surface area contributed by atoms with E-state index in [1.807, 2.05) is 37.3 Å². The molecular formula is C28H39ClN6O5S. The van der Waals surface area contributed by atoms with Gasteiger partial charge in [0.1, 0.15) is 5.82 Å². The number of hydrogen-bond donors (Lipinski definition) is 1. The lowest BCUT2D eigenvalue weighted by Crippen LogP contribution is -2.35. The lowest BCUT2D eigenvalue weighted by molar-refractivity contribution is 0.0739. The third-order valence-electron chi connectivity index (χ3n) is 7.27. The molecule has 0 bridgehead atoms. The van der Waals surface area contributed by atoms with Crippen LogP contribution in [0.4, 0.5) is 11.6 Å². The Balaban J connectivity index is 1.72. The third-order valence-corrected chi connectivity index (χ3v) is 8.81. The van der Waals surface area contributed by atoms with Crippen LogP contribution in [0.1, 0.15) is 31.7 Å². The van der Waals surface area contributed by atoms with Crippen LogP contribution in [-0.2, 0) is 31.5 Å². The van der Waals surface area contributed by atoms with Gasteiger partial charge in [-0.25, -0.2) is 13.4 Å². The first-order valence-electron chi connectivity index (χ1n) is 13.5. The van der Waals surface area contributed by atoms with E-state index in [-0.39, 0.29) is 22.6 Å². The van der Waals surface area contributed by atoms with Gasteiger partial charge in [0.2, 0.25) is 21.8 Å². The van der Waals surface area contributed by atoms with Crippen LogP contribution in [0, 0.1) is 11.8 Å². The maximum Gasteiger partial charge on any atom is 0.249 e. The maximum atomic E-state index is 12.5. The number of halogens is 1. The SMILES string of the molecule is COCCOCCN(CC1CC1C)c1cc(-c2nnc([C@](C)(N)Cc3ccccc3)o2)c(Cl)c(N(C)S(C)(=O)=O)n1. The number of nitrogens with zero attached hydrogens (tertiary/aromatic N) is 5. The number of ether oxygens (including phenoxy) is 2. The van der Waals surface area contributed by atoms with E-state index < -0.39 is 15.6 Å². The van der Waals surface area contributed by atoms with Crippen LogP contribution in [0.3, 0.4) is 0 Å². The number of rotatable bonds is 15. The molecule has 0 aliphatic heterocycles. The molecule has 1 saturated carbocycles. The van der Waals surface area contributed by atoms with E-state index in [9.17, 15) is 8.42 Å². The predicted molar refractivity (Wildman–Crippen MR) is 160 cm³/mol. The largest absolute Gasteiger partial charge is 0.419 e. The molecule has 1 aliphatic rings. The van der Waals surface area contributed by atoms with Gasteiger partial charge in [0.05, 0.1) is 42.2 Å². The molecule has 0 amide bonds. The fourth-order valence-electron chi connectivity index (χ4n) is 4.50. The number of hydrogen-bond acceptors (Lipinski definition) is 10. The van der Waals surface area contributed by atoms with Gasteiger partial charge in [0, 0.05) is 27.2 Å². The summed E-state index contributed by atoms with van der Waals surface area (Å²) in [7, 11) is -0.639. The summed E-state index contributed by atoms with van der Waals surface area (Å²) in [4.78, 5) is 6.79. The molecule has 1 aliphatic carbocycles. The van der Waals surface area contributed by atoms with Gasteiger partial charge in [-0.3, -0.25) is 4.31 Å². The van der Waals surface area contributed by atoms with E-state index in [2.05, 4.69) is 22.0 Å². The Morgan fingerprint density at radius 1 is 1.20 bits per heavy atom. The summed E-state index contributed by atoms with van der Waals surface area (Å²) < 4.78 is 43.0. The molecule has 11 nitrogen and oxygen atoms in total. The molecule has 2 aromatic heterocycles. The second-order valence-corrected chi connectivity index (χ2v) is 13.3. The average molecular weight is 607 g/mol. The van der Waals surface area contributed by atoms with Crippen molar-refractivity contribution in [2.75, 3.05) is 62.5 Å². The molecule has 1 aromatic carbocycles. The third kappa shape index (κ3) is 7.95. The van der Waals surface area contributed by atoms with Gasteiger partial charge >= 0.3 is 0 Å². The summed E-state index contributed by atoms with van der Waals surface area (Å²) in [6.07, 6.45) is 2.68. The molecule has 224 valence electrons. The van der Waals surface area contributed by atoms with Crippen LogP contribution in [0.25, 0.3) is 11.5 Å². The quantitative estimate of drug-likeness (QED) is 0.255. The van der Waals surface area contributed by atoms with E-state index in [1.165, 1.54) is 7.05 Å². The molecule has 41 heavy (non-hydrogen) atoms. The zero-order chi connectivity index (χ0) is 29.8. The Labute approximate surface area is 247 Å². The highest BCUT2D eigenvalue weighted by atomic mass is 35.5. The number of pyridine rings is 1. The summed E-state index contributed by atoms with van der Waals surface area (Å²) in [5.74, 6) is 2.05.